The first-order chi connectivity index (χ1) is 15.1. The molecule has 158 valence electrons. The summed E-state index contributed by atoms with van der Waals surface area (Å²) >= 11 is 8.31. The van der Waals surface area contributed by atoms with Crippen LogP contribution in [-0.2, 0) is 6.54 Å². The van der Waals surface area contributed by atoms with Gasteiger partial charge in [0.25, 0.3) is 0 Å². The van der Waals surface area contributed by atoms with Crippen molar-refractivity contribution >= 4 is 29.2 Å². The van der Waals surface area contributed by atoms with Gasteiger partial charge in [-0.25, -0.2) is 0 Å². The van der Waals surface area contributed by atoms with E-state index in [0.717, 1.165) is 23.1 Å². The molecule has 1 aromatic heterocycles. The number of aryl methyl sites for hydroxylation is 1. The Morgan fingerprint density at radius 2 is 1.84 bits per heavy atom. The van der Waals surface area contributed by atoms with E-state index in [-0.39, 0.29) is 10.8 Å². The van der Waals surface area contributed by atoms with E-state index in [9.17, 15) is 0 Å². The number of halogens is 1. The molecule has 0 amide bonds. The molecule has 2 N–H and O–H groups in total. The highest BCUT2D eigenvalue weighted by Crippen LogP contribution is 2.61. The number of fused-ring (bicyclic) bond motifs is 1. The second-order valence-electron chi connectivity index (χ2n) is 8.76. The van der Waals surface area contributed by atoms with Crippen LogP contribution >= 0.6 is 23.4 Å². The molecule has 4 nitrogen and oxygen atoms in total. The Labute approximate surface area is 192 Å². The number of benzene rings is 2. The van der Waals surface area contributed by atoms with Gasteiger partial charge in [0.15, 0.2) is 5.82 Å². The number of anilines is 1. The molecule has 6 rings (SSSR count). The molecule has 1 aliphatic carbocycles. The molecule has 3 heterocycles. The Bertz CT molecular complexity index is 1150. The highest BCUT2D eigenvalue weighted by Gasteiger charge is 2.52. The summed E-state index contributed by atoms with van der Waals surface area (Å²) in [5.74, 6) is 2.35. The lowest BCUT2D eigenvalue weighted by atomic mass is 9.88. The predicted molar refractivity (Wildman–Crippen MR) is 128 cm³/mol. The number of hydrogen-bond acceptors (Lipinski definition) is 4. The first-order valence-electron chi connectivity index (χ1n) is 11.0. The van der Waals surface area contributed by atoms with Crippen LogP contribution in [0.15, 0.2) is 65.3 Å². The van der Waals surface area contributed by atoms with Gasteiger partial charge in [-0.15, -0.1) is 0 Å². The summed E-state index contributed by atoms with van der Waals surface area (Å²) in [6.07, 6.45) is 5.01. The number of aromatic amines is 1. The fourth-order valence-electron chi connectivity index (χ4n) is 5.36. The first kappa shape index (κ1) is 19.3. The molecule has 6 heteroatoms. The molecule has 0 radical (unpaired) electrons. The Morgan fingerprint density at radius 1 is 1.10 bits per heavy atom. The molecule has 31 heavy (non-hydrogen) atoms. The van der Waals surface area contributed by atoms with Gasteiger partial charge < -0.3 is 10.2 Å². The minimum absolute atomic E-state index is 0.124. The van der Waals surface area contributed by atoms with Crippen LogP contribution < -0.4 is 5.32 Å². The summed E-state index contributed by atoms with van der Waals surface area (Å²) in [6.45, 7) is 3.03. The number of nitrogens with zero attached hydrogens (tertiary/aromatic N) is 2. The molecular weight excluding hydrogens is 424 g/mol. The minimum Gasteiger partial charge on any atom is -0.338 e. The van der Waals surface area contributed by atoms with Crippen molar-refractivity contribution in [3.63, 3.8) is 0 Å². The quantitative estimate of drug-likeness (QED) is 0.472. The maximum Gasteiger partial charge on any atom is 0.157 e. The smallest absolute Gasteiger partial charge is 0.157 e. The summed E-state index contributed by atoms with van der Waals surface area (Å²) < 4.78 is 0. The number of thioether (sulfide) groups is 1. The highest BCUT2D eigenvalue weighted by molar-refractivity contribution is 8.04. The Morgan fingerprint density at radius 3 is 2.58 bits per heavy atom. The topological polar surface area (TPSA) is 44.0 Å². The summed E-state index contributed by atoms with van der Waals surface area (Å²) in [6, 6.07) is 19.2. The largest absolute Gasteiger partial charge is 0.338 e. The third kappa shape index (κ3) is 3.09. The molecular formula is C25H25ClN4S. The third-order valence-electron chi connectivity index (χ3n) is 6.85. The van der Waals surface area contributed by atoms with Crippen LogP contribution in [0.2, 0.25) is 5.02 Å². The van der Waals surface area contributed by atoms with E-state index in [1.807, 2.05) is 12.1 Å². The van der Waals surface area contributed by atoms with Gasteiger partial charge in [-0.2, -0.15) is 5.10 Å². The fraction of sp³-hybridized carbons (Fsp3) is 0.320. The van der Waals surface area contributed by atoms with E-state index < -0.39 is 0 Å². The number of nitrogens with one attached hydrogen (secondary N) is 2. The zero-order valence-electron chi connectivity index (χ0n) is 17.5. The lowest BCUT2D eigenvalue weighted by molar-refractivity contribution is 0.224. The van der Waals surface area contributed by atoms with E-state index in [0.29, 0.717) is 0 Å². The average molecular weight is 449 g/mol. The van der Waals surface area contributed by atoms with E-state index in [1.54, 1.807) is 0 Å². The van der Waals surface area contributed by atoms with Crippen molar-refractivity contribution in [3.05, 3.63) is 92.7 Å². The SMILES string of the molecule is Cc1[nH]nc2c1C(c1ccc(Cl)cc1)C1=C(N2)N(Cc2ccccc2)C2(CCCC2)S1. The molecule has 1 fully saturated rings. The summed E-state index contributed by atoms with van der Waals surface area (Å²) in [7, 11) is 0. The molecule has 3 aromatic rings. The zero-order chi connectivity index (χ0) is 21.0. The second kappa shape index (κ2) is 7.35. The van der Waals surface area contributed by atoms with E-state index in [2.05, 4.69) is 81.6 Å². The van der Waals surface area contributed by atoms with Crippen molar-refractivity contribution in [1.82, 2.24) is 15.1 Å². The molecule has 2 aliphatic heterocycles. The zero-order valence-corrected chi connectivity index (χ0v) is 19.1. The Kier molecular flexibility index (Phi) is 4.58. The van der Waals surface area contributed by atoms with Crippen molar-refractivity contribution in [2.24, 2.45) is 0 Å². The number of H-pyrrole nitrogens is 1. The lowest BCUT2D eigenvalue weighted by Crippen LogP contribution is -2.41. The van der Waals surface area contributed by atoms with Crippen molar-refractivity contribution in [3.8, 4) is 0 Å². The number of rotatable bonds is 3. The van der Waals surface area contributed by atoms with Gasteiger partial charge >= 0.3 is 0 Å². The van der Waals surface area contributed by atoms with Crippen molar-refractivity contribution in [2.45, 2.75) is 49.9 Å². The summed E-state index contributed by atoms with van der Waals surface area (Å²) in [5.41, 5.74) is 4.99. The van der Waals surface area contributed by atoms with Crippen LogP contribution in [0.5, 0.6) is 0 Å². The maximum absolute atomic E-state index is 6.23. The van der Waals surface area contributed by atoms with Gasteiger partial charge in [0.2, 0.25) is 0 Å². The number of aromatic nitrogens is 2. The van der Waals surface area contributed by atoms with Crippen LogP contribution in [-0.4, -0.2) is 20.0 Å². The normalized spacial score (nSPS) is 21.4. The standard InChI is InChI=1S/C25H25ClN4S/c1-16-20-21(18-9-11-19(26)12-10-18)22-24(27-23(20)29-28-16)30(15-17-7-3-2-4-8-17)25(31-22)13-5-6-14-25/h2-4,7-12,21H,5-6,13-15H2,1H3,(H2,27,28,29). The molecule has 1 unspecified atom stereocenters. The van der Waals surface area contributed by atoms with Crippen LogP contribution in [0.4, 0.5) is 5.82 Å². The molecule has 2 aromatic carbocycles. The van der Waals surface area contributed by atoms with Crippen LogP contribution in [0.1, 0.15) is 54.0 Å². The average Bonchev–Trinajstić information content (AvgIpc) is 3.48. The van der Waals surface area contributed by atoms with Crippen LogP contribution in [0.3, 0.4) is 0 Å². The monoisotopic (exact) mass is 448 g/mol. The Balaban J connectivity index is 1.49. The molecule has 1 atom stereocenters. The van der Waals surface area contributed by atoms with Crippen molar-refractivity contribution < 1.29 is 0 Å². The fourth-order valence-corrected chi connectivity index (χ4v) is 7.28. The second-order valence-corrected chi connectivity index (χ2v) is 10.6. The molecule has 1 spiro atoms. The molecule has 3 aliphatic rings. The van der Waals surface area contributed by atoms with Crippen molar-refractivity contribution in [1.29, 1.82) is 0 Å². The van der Waals surface area contributed by atoms with E-state index >= 15 is 0 Å². The van der Waals surface area contributed by atoms with Crippen molar-refractivity contribution in [2.75, 3.05) is 5.32 Å². The molecule has 1 saturated carbocycles. The van der Waals surface area contributed by atoms with E-state index in [1.165, 1.54) is 53.1 Å². The van der Waals surface area contributed by atoms with Gasteiger partial charge in [-0.1, -0.05) is 78.7 Å². The Hall–Kier alpha value is -2.37. The predicted octanol–water partition coefficient (Wildman–Crippen LogP) is 6.62. The van der Waals surface area contributed by atoms with Gasteiger partial charge in [0.05, 0.1) is 4.87 Å². The first-order valence-corrected chi connectivity index (χ1v) is 12.2. The maximum atomic E-state index is 6.23. The minimum atomic E-state index is 0.124. The summed E-state index contributed by atoms with van der Waals surface area (Å²) in [5, 5.41) is 12.3. The van der Waals surface area contributed by atoms with Crippen LogP contribution in [0, 0.1) is 6.92 Å². The third-order valence-corrected chi connectivity index (χ3v) is 8.76. The van der Waals surface area contributed by atoms with Crippen LogP contribution in [0.25, 0.3) is 0 Å². The number of allylic oxidation sites excluding steroid dienone is 1. The number of hydrogen-bond donors (Lipinski definition) is 2. The molecule has 0 bridgehead atoms. The van der Waals surface area contributed by atoms with Gasteiger partial charge in [0.1, 0.15) is 5.82 Å². The summed E-state index contributed by atoms with van der Waals surface area (Å²) in [4.78, 5) is 4.17. The van der Waals surface area contributed by atoms with Gasteiger partial charge in [-0.05, 0) is 43.0 Å². The highest BCUT2D eigenvalue weighted by atomic mass is 35.5. The van der Waals surface area contributed by atoms with Gasteiger partial charge in [0, 0.05) is 33.6 Å². The van der Waals surface area contributed by atoms with E-state index in [4.69, 9.17) is 11.6 Å². The molecule has 0 saturated heterocycles. The van der Waals surface area contributed by atoms with Gasteiger partial charge in [-0.3, -0.25) is 5.10 Å². The lowest BCUT2D eigenvalue weighted by Gasteiger charge is -2.38.